The minimum atomic E-state index is 0.151. The van der Waals surface area contributed by atoms with Crippen LogP contribution in [-0.2, 0) is 4.74 Å². The minimum Gasteiger partial charge on any atom is -0.383 e. The number of nitrogens with zero attached hydrogens (tertiary/aromatic N) is 1. The summed E-state index contributed by atoms with van der Waals surface area (Å²) in [6.45, 7) is 3.45. The molecule has 15 heavy (non-hydrogen) atoms. The highest BCUT2D eigenvalue weighted by molar-refractivity contribution is 5.79. The van der Waals surface area contributed by atoms with Gasteiger partial charge in [-0.25, -0.2) is 10.8 Å². The number of guanidine groups is 1. The van der Waals surface area contributed by atoms with Gasteiger partial charge in [0, 0.05) is 12.6 Å². The first-order valence-corrected chi connectivity index (χ1v) is 5.48. The molecule has 0 bridgehead atoms. The Morgan fingerprint density at radius 3 is 2.67 bits per heavy atom. The van der Waals surface area contributed by atoms with Crippen molar-refractivity contribution in [1.82, 2.24) is 10.7 Å². The number of hydrogen-bond acceptors (Lipinski definition) is 3. The van der Waals surface area contributed by atoms with E-state index in [1.165, 1.54) is 25.7 Å². The summed E-state index contributed by atoms with van der Waals surface area (Å²) < 4.78 is 4.93. The fraction of sp³-hybridized carbons (Fsp3) is 0.900. The first-order valence-electron chi connectivity index (χ1n) is 5.48. The Balaban J connectivity index is 2.41. The largest absolute Gasteiger partial charge is 0.383 e. The van der Waals surface area contributed by atoms with Gasteiger partial charge < -0.3 is 10.1 Å². The van der Waals surface area contributed by atoms with Crippen molar-refractivity contribution < 1.29 is 4.74 Å². The van der Waals surface area contributed by atoms with Crippen molar-refractivity contribution in [3.8, 4) is 0 Å². The van der Waals surface area contributed by atoms with Crippen molar-refractivity contribution in [1.29, 1.82) is 0 Å². The molecule has 0 aromatic carbocycles. The van der Waals surface area contributed by atoms with Gasteiger partial charge in [-0.1, -0.05) is 12.8 Å². The molecule has 1 aliphatic carbocycles. The molecule has 0 heterocycles. The van der Waals surface area contributed by atoms with E-state index in [-0.39, 0.29) is 5.54 Å². The monoisotopic (exact) mass is 214 g/mol. The average molecular weight is 214 g/mol. The first kappa shape index (κ1) is 12.3. The van der Waals surface area contributed by atoms with E-state index in [0.717, 1.165) is 0 Å². The summed E-state index contributed by atoms with van der Waals surface area (Å²) in [5.74, 6) is 6.07. The van der Waals surface area contributed by atoms with Crippen molar-refractivity contribution in [3.63, 3.8) is 0 Å². The molecule has 5 nitrogen and oxygen atoms in total. The molecule has 5 heteroatoms. The van der Waals surface area contributed by atoms with Gasteiger partial charge in [-0.3, -0.25) is 5.43 Å². The molecule has 88 valence electrons. The lowest BCUT2D eigenvalue weighted by Crippen LogP contribution is -2.51. The van der Waals surface area contributed by atoms with Crippen LogP contribution < -0.4 is 16.6 Å². The molecule has 0 unspecified atom stereocenters. The van der Waals surface area contributed by atoms with Crippen LogP contribution in [0.4, 0.5) is 0 Å². The smallest absolute Gasteiger partial charge is 0.206 e. The normalized spacial score (nSPS) is 20.3. The number of hydrazine groups is 1. The van der Waals surface area contributed by atoms with Crippen molar-refractivity contribution in [2.45, 2.75) is 38.1 Å². The van der Waals surface area contributed by atoms with Crippen molar-refractivity contribution >= 4 is 5.96 Å². The molecule has 0 aromatic heterocycles. The highest BCUT2D eigenvalue weighted by Crippen LogP contribution is 2.28. The Bertz CT molecular complexity index is 211. The second kappa shape index (κ2) is 5.92. The topological polar surface area (TPSA) is 71.7 Å². The molecule has 0 atom stereocenters. The van der Waals surface area contributed by atoms with Crippen LogP contribution >= 0.6 is 0 Å². The Kier molecular flexibility index (Phi) is 4.84. The summed E-state index contributed by atoms with van der Waals surface area (Å²) in [5, 5.41) is 3.36. The Morgan fingerprint density at radius 2 is 2.13 bits per heavy atom. The van der Waals surface area contributed by atoms with Crippen LogP contribution in [0, 0.1) is 0 Å². The number of ether oxygens (including phenoxy) is 1. The maximum Gasteiger partial charge on any atom is 0.206 e. The van der Waals surface area contributed by atoms with E-state index in [0.29, 0.717) is 19.1 Å². The molecule has 1 fully saturated rings. The van der Waals surface area contributed by atoms with Crippen LogP contribution in [0.3, 0.4) is 0 Å². The molecule has 1 rings (SSSR count). The van der Waals surface area contributed by atoms with Gasteiger partial charge in [-0.2, -0.15) is 0 Å². The van der Waals surface area contributed by atoms with Crippen molar-refractivity contribution in [2.75, 3.05) is 20.3 Å². The van der Waals surface area contributed by atoms with Gasteiger partial charge in [0.25, 0.3) is 0 Å². The highest BCUT2D eigenvalue weighted by Gasteiger charge is 2.29. The maximum atomic E-state index is 5.41. The molecule has 0 saturated heterocycles. The summed E-state index contributed by atoms with van der Waals surface area (Å²) in [5.41, 5.74) is 2.75. The third-order valence-electron chi connectivity index (χ3n) is 2.83. The number of hydrogen-bond donors (Lipinski definition) is 3. The van der Waals surface area contributed by atoms with Gasteiger partial charge in [0.05, 0.1) is 13.2 Å². The van der Waals surface area contributed by atoms with E-state index in [4.69, 9.17) is 10.6 Å². The second-order valence-corrected chi connectivity index (χ2v) is 4.26. The molecule has 4 N–H and O–H groups in total. The molecule has 0 spiro atoms. The van der Waals surface area contributed by atoms with E-state index in [9.17, 15) is 0 Å². The molecule has 1 saturated carbocycles. The predicted molar refractivity (Wildman–Crippen MR) is 61.5 cm³/mol. The summed E-state index contributed by atoms with van der Waals surface area (Å²) in [4.78, 5) is 4.29. The molecule has 1 aliphatic rings. The fourth-order valence-corrected chi connectivity index (χ4v) is 1.94. The minimum absolute atomic E-state index is 0.151. The SMILES string of the molecule is COCCN=C(NN)NC1(C)CCCC1. The maximum absolute atomic E-state index is 5.41. The number of methoxy groups -OCH3 is 1. The molecular formula is C10H22N4O. The molecule has 0 amide bonds. The summed E-state index contributed by atoms with van der Waals surface area (Å²) in [7, 11) is 1.66. The van der Waals surface area contributed by atoms with Gasteiger partial charge in [0.15, 0.2) is 0 Å². The molecule has 0 aromatic rings. The van der Waals surface area contributed by atoms with Gasteiger partial charge in [-0.15, -0.1) is 0 Å². The quantitative estimate of drug-likeness (QED) is 0.208. The molecule has 0 radical (unpaired) electrons. The number of aliphatic imine (C=N–C) groups is 1. The van der Waals surface area contributed by atoms with E-state index in [2.05, 4.69) is 22.7 Å². The Morgan fingerprint density at radius 1 is 1.47 bits per heavy atom. The van der Waals surface area contributed by atoms with E-state index in [1.54, 1.807) is 7.11 Å². The molecule has 0 aliphatic heterocycles. The van der Waals surface area contributed by atoms with E-state index < -0.39 is 0 Å². The number of nitrogens with two attached hydrogens (primary N) is 1. The van der Waals surface area contributed by atoms with Gasteiger partial charge >= 0.3 is 0 Å². The Labute approximate surface area is 91.4 Å². The highest BCUT2D eigenvalue weighted by atomic mass is 16.5. The van der Waals surface area contributed by atoms with E-state index >= 15 is 0 Å². The zero-order valence-corrected chi connectivity index (χ0v) is 9.68. The zero-order chi connectivity index (χ0) is 11.1. The molecular weight excluding hydrogens is 192 g/mol. The number of nitrogens with one attached hydrogen (secondary N) is 2. The van der Waals surface area contributed by atoms with Crippen LogP contribution in [0.5, 0.6) is 0 Å². The van der Waals surface area contributed by atoms with Crippen molar-refractivity contribution in [2.24, 2.45) is 10.8 Å². The summed E-state index contributed by atoms with van der Waals surface area (Å²) in [6, 6.07) is 0. The summed E-state index contributed by atoms with van der Waals surface area (Å²) in [6.07, 6.45) is 4.91. The third-order valence-corrected chi connectivity index (χ3v) is 2.83. The van der Waals surface area contributed by atoms with Crippen LogP contribution in [-0.4, -0.2) is 31.8 Å². The predicted octanol–water partition coefficient (Wildman–Crippen LogP) is 0.374. The first-order chi connectivity index (χ1) is 7.20. The third kappa shape index (κ3) is 4.05. The van der Waals surface area contributed by atoms with E-state index in [1.807, 2.05) is 0 Å². The Hall–Kier alpha value is -0.810. The lowest BCUT2D eigenvalue weighted by molar-refractivity contribution is 0.207. The van der Waals surface area contributed by atoms with Gasteiger partial charge in [0.1, 0.15) is 0 Å². The zero-order valence-electron chi connectivity index (χ0n) is 9.68. The van der Waals surface area contributed by atoms with Crippen LogP contribution in [0.25, 0.3) is 0 Å². The number of rotatable bonds is 4. The lowest BCUT2D eigenvalue weighted by atomic mass is 10.0. The summed E-state index contributed by atoms with van der Waals surface area (Å²) >= 11 is 0. The van der Waals surface area contributed by atoms with Crippen LogP contribution in [0.1, 0.15) is 32.6 Å². The second-order valence-electron chi connectivity index (χ2n) is 4.26. The van der Waals surface area contributed by atoms with Crippen LogP contribution in [0.2, 0.25) is 0 Å². The standard InChI is InChI=1S/C10H22N4O/c1-10(5-3-4-6-10)13-9(14-11)12-7-8-15-2/h3-8,11H2,1-2H3,(H2,12,13,14). The fourth-order valence-electron chi connectivity index (χ4n) is 1.94. The van der Waals surface area contributed by atoms with Crippen LogP contribution in [0.15, 0.2) is 4.99 Å². The van der Waals surface area contributed by atoms with Gasteiger partial charge in [-0.05, 0) is 19.8 Å². The lowest BCUT2D eigenvalue weighted by Gasteiger charge is -2.27. The van der Waals surface area contributed by atoms with Crippen molar-refractivity contribution in [3.05, 3.63) is 0 Å². The average Bonchev–Trinajstić information content (AvgIpc) is 2.64. The van der Waals surface area contributed by atoms with Gasteiger partial charge in [0.2, 0.25) is 5.96 Å².